The van der Waals surface area contributed by atoms with Gasteiger partial charge in [0.05, 0.1) is 12.9 Å². The van der Waals surface area contributed by atoms with Crippen molar-refractivity contribution < 1.29 is 9.13 Å². The summed E-state index contributed by atoms with van der Waals surface area (Å²) < 4.78 is 18.5. The molecule has 0 saturated heterocycles. The third kappa shape index (κ3) is 4.63. The van der Waals surface area contributed by atoms with Gasteiger partial charge in [0.15, 0.2) is 0 Å². The molecule has 0 N–H and O–H groups in total. The predicted molar refractivity (Wildman–Crippen MR) is 114 cm³/mol. The molecule has 2 fully saturated rings. The standard InChI is InChI=1S/C26H37FO/c1-2-3-14-28-26-11-10-24-17-23(8-9-25(24)18-26)22-7-6-20-15-19(12-13-27)4-5-21(20)16-22/h10-13,18-23H,2-9,14-17H2,1H3/b13-12+. The van der Waals surface area contributed by atoms with E-state index in [1.807, 2.05) is 0 Å². The maximum Gasteiger partial charge on any atom is 0.119 e. The SMILES string of the molecule is CCCCOc1ccc2c(c1)CCC(C1CCC3CC(/C=C/F)CCC3C1)C2. The molecule has 2 heteroatoms. The lowest BCUT2D eigenvalue weighted by molar-refractivity contribution is 0.0809. The first-order valence-electron chi connectivity index (χ1n) is 11.8. The predicted octanol–water partition coefficient (Wildman–Crippen LogP) is 7.29. The number of aryl methyl sites for hydroxylation is 1. The van der Waals surface area contributed by atoms with Gasteiger partial charge in [0.2, 0.25) is 0 Å². The zero-order chi connectivity index (χ0) is 19.3. The lowest BCUT2D eigenvalue weighted by Gasteiger charge is -2.44. The van der Waals surface area contributed by atoms with Gasteiger partial charge in [-0.05, 0) is 117 Å². The topological polar surface area (TPSA) is 9.23 Å². The number of hydrogen-bond donors (Lipinski definition) is 0. The molecule has 154 valence electrons. The quantitative estimate of drug-likeness (QED) is 0.468. The third-order valence-corrected chi connectivity index (χ3v) is 7.92. The summed E-state index contributed by atoms with van der Waals surface area (Å²) in [6, 6.07) is 6.83. The fraction of sp³-hybridized carbons (Fsp3) is 0.692. The number of halogens is 1. The zero-order valence-electron chi connectivity index (χ0n) is 17.5. The molecule has 2 saturated carbocycles. The van der Waals surface area contributed by atoms with Crippen LogP contribution in [0.15, 0.2) is 30.6 Å². The second-order valence-corrected chi connectivity index (χ2v) is 9.62. The van der Waals surface area contributed by atoms with Gasteiger partial charge in [0.25, 0.3) is 0 Å². The van der Waals surface area contributed by atoms with Crippen LogP contribution in [0.2, 0.25) is 0 Å². The second kappa shape index (κ2) is 9.46. The Kier molecular flexibility index (Phi) is 6.75. The monoisotopic (exact) mass is 384 g/mol. The molecule has 5 unspecified atom stereocenters. The van der Waals surface area contributed by atoms with Crippen LogP contribution in [-0.4, -0.2) is 6.61 Å². The van der Waals surface area contributed by atoms with E-state index in [1.54, 1.807) is 11.6 Å². The fourth-order valence-electron chi connectivity index (χ4n) is 6.25. The molecule has 0 amide bonds. The highest BCUT2D eigenvalue weighted by molar-refractivity contribution is 5.37. The van der Waals surface area contributed by atoms with E-state index in [-0.39, 0.29) is 0 Å². The molecule has 1 aromatic rings. The largest absolute Gasteiger partial charge is 0.494 e. The number of ether oxygens (including phenoxy) is 1. The molecule has 4 rings (SSSR count). The Morgan fingerprint density at radius 2 is 1.75 bits per heavy atom. The van der Waals surface area contributed by atoms with Crippen LogP contribution in [0.3, 0.4) is 0 Å². The summed E-state index contributed by atoms with van der Waals surface area (Å²) in [5.74, 6) is 5.08. The molecule has 0 aliphatic heterocycles. The molecule has 0 bridgehead atoms. The Hall–Kier alpha value is -1.31. The number of unbranched alkanes of at least 4 members (excludes halogenated alkanes) is 1. The van der Waals surface area contributed by atoms with Crippen LogP contribution in [0, 0.1) is 29.6 Å². The van der Waals surface area contributed by atoms with E-state index in [2.05, 4.69) is 25.1 Å². The van der Waals surface area contributed by atoms with E-state index in [0.717, 1.165) is 48.8 Å². The van der Waals surface area contributed by atoms with Gasteiger partial charge in [0, 0.05) is 0 Å². The van der Waals surface area contributed by atoms with Crippen molar-refractivity contribution in [3.8, 4) is 5.75 Å². The minimum absolute atomic E-state index is 0.498. The zero-order valence-corrected chi connectivity index (χ0v) is 17.5. The van der Waals surface area contributed by atoms with Crippen molar-refractivity contribution in [3.63, 3.8) is 0 Å². The van der Waals surface area contributed by atoms with Crippen molar-refractivity contribution in [2.75, 3.05) is 6.61 Å². The molecule has 0 heterocycles. The van der Waals surface area contributed by atoms with Gasteiger partial charge in [-0.3, -0.25) is 0 Å². The summed E-state index contributed by atoms with van der Waals surface area (Å²) in [6.07, 6.45) is 16.7. The van der Waals surface area contributed by atoms with E-state index in [0.29, 0.717) is 5.92 Å². The van der Waals surface area contributed by atoms with Gasteiger partial charge in [-0.2, -0.15) is 0 Å². The van der Waals surface area contributed by atoms with Crippen molar-refractivity contribution >= 4 is 0 Å². The average molecular weight is 385 g/mol. The van der Waals surface area contributed by atoms with Crippen LogP contribution < -0.4 is 4.74 Å². The molecule has 1 aromatic carbocycles. The minimum Gasteiger partial charge on any atom is -0.494 e. The van der Waals surface area contributed by atoms with Crippen LogP contribution in [0.4, 0.5) is 4.39 Å². The van der Waals surface area contributed by atoms with Crippen molar-refractivity contribution in [2.24, 2.45) is 29.6 Å². The lowest BCUT2D eigenvalue weighted by atomic mass is 9.61. The number of fused-ring (bicyclic) bond motifs is 2. The maximum atomic E-state index is 12.5. The number of hydrogen-bond acceptors (Lipinski definition) is 1. The highest BCUT2D eigenvalue weighted by atomic mass is 19.1. The average Bonchev–Trinajstić information content (AvgIpc) is 2.73. The lowest BCUT2D eigenvalue weighted by Crippen LogP contribution is -2.34. The molecular formula is C26H37FO. The fourth-order valence-corrected chi connectivity index (χ4v) is 6.25. The first-order chi connectivity index (χ1) is 13.8. The maximum absolute atomic E-state index is 12.5. The third-order valence-electron chi connectivity index (χ3n) is 7.92. The van der Waals surface area contributed by atoms with Crippen LogP contribution in [0.25, 0.3) is 0 Å². The van der Waals surface area contributed by atoms with Crippen LogP contribution >= 0.6 is 0 Å². The van der Waals surface area contributed by atoms with Crippen molar-refractivity contribution in [1.82, 2.24) is 0 Å². The highest BCUT2D eigenvalue weighted by Crippen LogP contribution is 2.48. The van der Waals surface area contributed by atoms with Gasteiger partial charge in [-0.15, -0.1) is 0 Å². The molecule has 1 nitrogen and oxygen atoms in total. The Morgan fingerprint density at radius 1 is 0.964 bits per heavy atom. The van der Waals surface area contributed by atoms with Crippen molar-refractivity contribution in [3.05, 3.63) is 41.7 Å². The van der Waals surface area contributed by atoms with Gasteiger partial charge < -0.3 is 4.74 Å². The van der Waals surface area contributed by atoms with Crippen LogP contribution in [0.5, 0.6) is 5.75 Å². The summed E-state index contributed by atoms with van der Waals surface area (Å²) in [5.41, 5.74) is 3.09. The first-order valence-corrected chi connectivity index (χ1v) is 11.8. The molecule has 5 atom stereocenters. The minimum atomic E-state index is 0.498. The van der Waals surface area contributed by atoms with Gasteiger partial charge in [0.1, 0.15) is 5.75 Å². The summed E-state index contributed by atoms with van der Waals surface area (Å²) in [7, 11) is 0. The smallest absolute Gasteiger partial charge is 0.119 e. The Bertz CT molecular complexity index is 666. The second-order valence-electron chi connectivity index (χ2n) is 9.62. The van der Waals surface area contributed by atoms with E-state index in [9.17, 15) is 4.39 Å². The van der Waals surface area contributed by atoms with Crippen LogP contribution in [-0.2, 0) is 12.8 Å². The summed E-state index contributed by atoms with van der Waals surface area (Å²) >= 11 is 0. The summed E-state index contributed by atoms with van der Waals surface area (Å²) in [6.45, 7) is 3.04. The van der Waals surface area contributed by atoms with Gasteiger partial charge in [-0.1, -0.05) is 25.5 Å². The number of benzene rings is 1. The normalized spacial score (nSPS) is 32.7. The Labute approximate surface area is 170 Å². The summed E-state index contributed by atoms with van der Waals surface area (Å²) in [4.78, 5) is 0. The van der Waals surface area contributed by atoms with E-state index in [1.165, 1.54) is 69.8 Å². The highest BCUT2D eigenvalue weighted by Gasteiger charge is 2.38. The molecule has 28 heavy (non-hydrogen) atoms. The first kappa shape index (κ1) is 20.0. The summed E-state index contributed by atoms with van der Waals surface area (Å²) in [5, 5.41) is 0. The molecule has 0 aromatic heterocycles. The van der Waals surface area contributed by atoms with Gasteiger partial charge >= 0.3 is 0 Å². The van der Waals surface area contributed by atoms with Crippen molar-refractivity contribution in [2.45, 2.75) is 77.6 Å². The number of rotatable bonds is 6. The number of allylic oxidation sites excluding steroid dienone is 1. The van der Waals surface area contributed by atoms with Crippen LogP contribution in [0.1, 0.15) is 75.8 Å². The van der Waals surface area contributed by atoms with Crippen molar-refractivity contribution in [1.29, 1.82) is 0 Å². The Morgan fingerprint density at radius 3 is 2.57 bits per heavy atom. The van der Waals surface area contributed by atoms with E-state index >= 15 is 0 Å². The molecular weight excluding hydrogens is 347 g/mol. The molecule has 3 aliphatic rings. The molecule has 0 spiro atoms. The van der Waals surface area contributed by atoms with E-state index in [4.69, 9.17) is 4.74 Å². The molecule has 3 aliphatic carbocycles. The van der Waals surface area contributed by atoms with Gasteiger partial charge in [-0.25, -0.2) is 4.39 Å². The van der Waals surface area contributed by atoms with E-state index < -0.39 is 0 Å². The molecule has 0 radical (unpaired) electrons. The Balaban J connectivity index is 1.32.